The molecule has 1 heterocycles. The summed E-state index contributed by atoms with van der Waals surface area (Å²) >= 11 is 0. The average Bonchev–Trinajstić information content (AvgIpc) is 2.26. The number of aromatic nitrogens is 1. The van der Waals surface area contributed by atoms with E-state index < -0.39 is 5.97 Å². The molecule has 0 amide bonds. The quantitative estimate of drug-likeness (QED) is 0.768. The minimum absolute atomic E-state index is 0.0453. The summed E-state index contributed by atoms with van der Waals surface area (Å²) in [5.41, 5.74) is 0.0453. The highest BCUT2D eigenvalue weighted by Crippen LogP contribution is 2.07. The Morgan fingerprint density at radius 2 is 2.38 bits per heavy atom. The number of pyridine rings is 1. The Morgan fingerprint density at radius 3 is 3.00 bits per heavy atom. The Morgan fingerprint density at radius 1 is 1.62 bits per heavy atom. The van der Waals surface area contributed by atoms with Crippen molar-refractivity contribution in [2.24, 2.45) is 0 Å². The number of methoxy groups -OCH3 is 1. The molecule has 2 N–H and O–H groups in total. The number of hydrogen-bond acceptors (Lipinski definition) is 4. The molecule has 1 aromatic rings. The second kappa shape index (κ2) is 6.07. The number of ether oxygens (including phenoxy) is 1. The summed E-state index contributed by atoms with van der Waals surface area (Å²) in [5, 5.41) is 11.9. The summed E-state index contributed by atoms with van der Waals surface area (Å²) in [5.74, 6) is -0.448. The van der Waals surface area contributed by atoms with Gasteiger partial charge < -0.3 is 15.2 Å². The third-order valence-electron chi connectivity index (χ3n) is 2.12. The second-order valence-corrected chi connectivity index (χ2v) is 3.54. The molecule has 0 radical (unpaired) electrons. The van der Waals surface area contributed by atoms with Crippen LogP contribution in [0.4, 0.5) is 5.82 Å². The van der Waals surface area contributed by atoms with E-state index in [1.165, 1.54) is 6.07 Å². The number of carboxylic acid groups (broad SMARTS) is 1. The van der Waals surface area contributed by atoms with Crippen LogP contribution in [0.2, 0.25) is 0 Å². The average molecular weight is 224 g/mol. The van der Waals surface area contributed by atoms with Gasteiger partial charge in [-0.3, -0.25) is 0 Å². The van der Waals surface area contributed by atoms with Crippen molar-refractivity contribution in [3.05, 3.63) is 23.9 Å². The summed E-state index contributed by atoms with van der Waals surface area (Å²) in [4.78, 5) is 14.7. The number of aromatic carboxylic acids is 1. The van der Waals surface area contributed by atoms with Crippen LogP contribution in [-0.2, 0) is 4.74 Å². The van der Waals surface area contributed by atoms with Crippen LogP contribution in [0.3, 0.4) is 0 Å². The number of rotatable bonds is 6. The molecule has 0 aliphatic carbocycles. The van der Waals surface area contributed by atoms with Crippen LogP contribution < -0.4 is 5.32 Å². The number of carbonyl (C=O) groups is 1. The van der Waals surface area contributed by atoms with Crippen LogP contribution in [0.25, 0.3) is 0 Å². The highest BCUT2D eigenvalue weighted by molar-refractivity contribution is 5.85. The van der Waals surface area contributed by atoms with E-state index in [2.05, 4.69) is 10.3 Å². The minimum Gasteiger partial charge on any atom is -0.477 e. The van der Waals surface area contributed by atoms with E-state index in [0.29, 0.717) is 12.4 Å². The van der Waals surface area contributed by atoms with Gasteiger partial charge in [0.1, 0.15) is 5.82 Å². The van der Waals surface area contributed by atoms with Gasteiger partial charge in [-0.15, -0.1) is 0 Å². The van der Waals surface area contributed by atoms with Gasteiger partial charge in [0.15, 0.2) is 5.69 Å². The predicted octanol–water partition coefficient (Wildman–Crippen LogP) is 1.62. The van der Waals surface area contributed by atoms with Crippen molar-refractivity contribution < 1.29 is 14.6 Å². The topological polar surface area (TPSA) is 71.5 Å². The molecule has 0 aromatic carbocycles. The van der Waals surface area contributed by atoms with Crippen LogP contribution in [0.15, 0.2) is 18.2 Å². The third-order valence-corrected chi connectivity index (χ3v) is 2.12. The molecule has 0 bridgehead atoms. The Balaban J connectivity index is 2.59. The van der Waals surface area contributed by atoms with Crippen molar-refractivity contribution in [2.75, 3.05) is 19.0 Å². The fourth-order valence-corrected chi connectivity index (χ4v) is 1.25. The second-order valence-electron chi connectivity index (χ2n) is 3.54. The van der Waals surface area contributed by atoms with Crippen LogP contribution >= 0.6 is 0 Å². The van der Waals surface area contributed by atoms with Crippen molar-refractivity contribution in [3.8, 4) is 0 Å². The van der Waals surface area contributed by atoms with Crippen molar-refractivity contribution in [1.29, 1.82) is 0 Å². The summed E-state index contributed by atoms with van der Waals surface area (Å²) in [6, 6.07) is 5.07. The van der Waals surface area contributed by atoms with E-state index in [1.54, 1.807) is 19.2 Å². The molecule has 5 nitrogen and oxygen atoms in total. The van der Waals surface area contributed by atoms with Gasteiger partial charge in [0, 0.05) is 19.8 Å². The van der Waals surface area contributed by atoms with Crippen molar-refractivity contribution in [1.82, 2.24) is 4.98 Å². The Kier molecular flexibility index (Phi) is 4.72. The first-order valence-corrected chi connectivity index (χ1v) is 5.09. The van der Waals surface area contributed by atoms with Gasteiger partial charge in [0.05, 0.1) is 0 Å². The van der Waals surface area contributed by atoms with Gasteiger partial charge in [-0.25, -0.2) is 9.78 Å². The molecule has 1 atom stereocenters. The van der Waals surface area contributed by atoms with E-state index in [9.17, 15) is 4.79 Å². The number of anilines is 1. The van der Waals surface area contributed by atoms with Crippen LogP contribution in [0.5, 0.6) is 0 Å². The van der Waals surface area contributed by atoms with Gasteiger partial charge in [-0.2, -0.15) is 0 Å². The molecule has 0 saturated carbocycles. The largest absolute Gasteiger partial charge is 0.477 e. The maximum absolute atomic E-state index is 10.7. The highest BCUT2D eigenvalue weighted by atomic mass is 16.5. The fraction of sp³-hybridized carbons (Fsp3) is 0.455. The van der Waals surface area contributed by atoms with Crippen molar-refractivity contribution in [2.45, 2.75) is 19.4 Å². The molecule has 0 saturated heterocycles. The lowest BCUT2D eigenvalue weighted by molar-refractivity contribution is 0.0690. The smallest absolute Gasteiger partial charge is 0.354 e. The predicted molar refractivity (Wildman–Crippen MR) is 60.8 cm³/mol. The first-order valence-electron chi connectivity index (χ1n) is 5.09. The zero-order valence-electron chi connectivity index (χ0n) is 9.43. The summed E-state index contributed by atoms with van der Waals surface area (Å²) in [6.07, 6.45) is 0.843. The molecule has 1 unspecified atom stereocenters. The molecular formula is C11H16N2O3. The fourth-order valence-electron chi connectivity index (χ4n) is 1.25. The Hall–Kier alpha value is -1.62. The zero-order chi connectivity index (χ0) is 12.0. The van der Waals surface area contributed by atoms with Gasteiger partial charge in [0.25, 0.3) is 0 Å². The summed E-state index contributed by atoms with van der Waals surface area (Å²) < 4.78 is 4.96. The van der Waals surface area contributed by atoms with Crippen LogP contribution in [0, 0.1) is 0 Å². The number of carboxylic acids is 1. The molecule has 0 fully saturated rings. The van der Waals surface area contributed by atoms with Crippen molar-refractivity contribution in [3.63, 3.8) is 0 Å². The van der Waals surface area contributed by atoms with Gasteiger partial charge in [0.2, 0.25) is 0 Å². The van der Waals surface area contributed by atoms with E-state index in [0.717, 1.165) is 6.42 Å². The first-order chi connectivity index (χ1) is 7.63. The molecule has 0 aliphatic heterocycles. The van der Waals surface area contributed by atoms with Gasteiger partial charge in [-0.1, -0.05) is 6.07 Å². The highest BCUT2D eigenvalue weighted by Gasteiger charge is 2.07. The van der Waals surface area contributed by atoms with Gasteiger partial charge in [-0.05, 0) is 25.5 Å². The molecular weight excluding hydrogens is 208 g/mol. The maximum Gasteiger partial charge on any atom is 0.354 e. The molecule has 5 heteroatoms. The molecule has 0 spiro atoms. The van der Waals surface area contributed by atoms with Crippen LogP contribution in [0.1, 0.15) is 23.8 Å². The van der Waals surface area contributed by atoms with Crippen molar-refractivity contribution >= 4 is 11.8 Å². The third kappa shape index (κ3) is 3.86. The van der Waals surface area contributed by atoms with E-state index in [-0.39, 0.29) is 11.7 Å². The minimum atomic E-state index is -1.02. The first kappa shape index (κ1) is 12.4. The van der Waals surface area contributed by atoms with E-state index in [1.807, 2.05) is 6.92 Å². The number of hydrogen-bond donors (Lipinski definition) is 2. The standard InChI is InChI=1S/C11H16N2O3/c1-8(6-7-16-2)12-10-5-3-4-9(13-10)11(14)15/h3-5,8H,6-7H2,1-2H3,(H,12,13)(H,14,15). The molecule has 16 heavy (non-hydrogen) atoms. The number of nitrogens with one attached hydrogen (secondary N) is 1. The maximum atomic E-state index is 10.7. The van der Waals surface area contributed by atoms with E-state index >= 15 is 0 Å². The van der Waals surface area contributed by atoms with Crippen LogP contribution in [-0.4, -0.2) is 35.8 Å². The van der Waals surface area contributed by atoms with Gasteiger partial charge >= 0.3 is 5.97 Å². The Labute approximate surface area is 94.5 Å². The normalized spacial score (nSPS) is 12.1. The summed E-state index contributed by atoms with van der Waals surface area (Å²) in [6.45, 7) is 2.65. The van der Waals surface area contributed by atoms with E-state index in [4.69, 9.17) is 9.84 Å². The molecule has 1 rings (SSSR count). The zero-order valence-corrected chi connectivity index (χ0v) is 9.43. The molecule has 0 aliphatic rings. The SMILES string of the molecule is COCCC(C)Nc1cccc(C(=O)O)n1. The monoisotopic (exact) mass is 224 g/mol. The lowest BCUT2D eigenvalue weighted by atomic mass is 10.2. The Bertz CT molecular complexity index is 355. The molecule has 88 valence electrons. The lowest BCUT2D eigenvalue weighted by Gasteiger charge is -2.13. The number of nitrogens with zero attached hydrogens (tertiary/aromatic N) is 1. The summed E-state index contributed by atoms with van der Waals surface area (Å²) in [7, 11) is 1.65. The molecule has 1 aromatic heterocycles. The lowest BCUT2D eigenvalue weighted by Crippen LogP contribution is -2.18.